The summed E-state index contributed by atoms with van der Waals surface area (Å²) in [6.07, 6.45) is 0.510. The molecule has 0 aromatic carbocycles. The molecule has 0 spiro atoms. The molecule has 76 valence electrons. The van der Waals surface area contributed by atoms with Crippen molar-refractivity contribution in [3.8, 4) is 0 Å². The average Bonchev–Trinajstić information content (AvgIpc) is 2.44. The van der Waals surface area contributed by atoms with Crippen molar-refractivity contribution in [3.05, 3.63) is 0 Å². The average molecular weight is 186 g/mol. The van der Waals surface area contributed by atoms with Crippen LogP contribution in [0, 0.1) is 0 Å². The van der Waals surface area contributed by atoms with Gasteiger partial charge in [-0.15, -0.1) is 0 Å². The Morgan fingerprint density at radius 2 is 1.62 bits per heavy atom. The fourth-order valence-electron chi connectivity index (χ4n) is 2.05. The molecule has 0 saturated carbocycles. The zero-order valence-electron chi connectivity index (χ0n) is 8.32. The van der Waals surface area contributed by atoms with Gasteiger partial charge in [-0.25, -0.2) is 0 Å². The van der Waals surface area contributed by atoms with Crippen molar-refractivity contribution in [2.24, 2.45) is 0 Å². The van der Waals surface area contributed by atoms with Crippen LogP contribution in [0.15, 0.2) is 0 Å². The molecule has 2 rings (SSSR count). The van der Waals surface area contributed by atoms with E-state index in [-0.39, 0.29) is 12.2 Å². The van der Waals surface area contributed by atoms with Crippen molar-refractivity contribution in [2.45, 2.75) is 18.2 Å². The molecular formula is C9H18N2O2. The number of nitrogens with zero attached hydrogens (tertiary/aromatic N) is 1. The summed E-state index contributed by atoms with van der Waals surface area (Å²) in [4.78, 5) is 2.46. The smallest absolute Gasteiger partial charge is 0.0971 e. The highest BCUT2D eigenvalue weighted by molar-refractivity contribution is 4.94. The number of hydrogen-bond acceptors (Lipinski definition) is 4. The van der Waals surface area contributed by atoms with Gasteiger partial charge in [0.15, 0.2) is 0 Å². The van der Waals surface area contributed by atoms with Gasteiger partial charge < -0.3 is 14.8 Å². The Labute approximate surface area is 79.2 Å². The van der Waals surface area contributed by atoms with E-state index in [0.717, 1.165) is 26.2 Å². The molecule has 2 atom stereocenters. The lowest BCUT2D eigenvalue weighted by molar-refractivity contribution is -0.00461. The fourth-order valence-corrected chi connectivity index (χ4v) is 2.05. The molecule has 0 aliphatic carbocycles. The number of ether oxygens (including phenoxy) is 2. The van der Waals surface area contributed by atoms with Crippen LogP contribution in [0.1, 0.15) is 0 Å². The molecule has 2 heterocycles. The Morgan fingerprint density at radius 1 is 1.08 bits per heavy atom. The molecular weight excluding hydrogens is 168 g/mol. The molecule has 0 aromatic heterocycles. The lowest BCUT2D eigenvalue weighted by atomic mass is 10.1. The van der Waals surface area contributed by atoms with Gasteiger partial charge in [-0.05, 0) is 0 Å². The van der Waals surface area contributed by atoms with Gasteiger partial charge in [0, 0.05) is 46.4 Å². The van der Waals surface area contributed by atoms with Crippen LogP contribution >= 0.6 is 0 Å². The Bertz CT molecular complexity index is 161. The first kappa shape index (κ1) is 9.40. The van der Waals surface area contributed by atoms with Crippen LogP contribution in [-0.4, -0.2) is 63.5 Å². The fraction of sp³-hybridized carbons (Fsp3) is 1.00. The highest BCUT2D eigenvalue weighted by Gasteiger charge is 2.37. The second kappa shape index (κ2) is 3.92. The molecule has 4 nitrogen and oxygen atoms in total. The van der Waals surface area contributed by atoms with Crippen LogP contribution in [-0.2, 0) is 9.47 Å². The van der Waals surface area contributed by atoms with E-state index in [1.807, 2.05) is 0 Å². The molecule has 4 heteroatoms. The molecule has 0 amide bonds. The summed E-state index contributed by atoms with van der Waals surface area (Å²) < 4.78 is 10.8. The van der Waals surface area contributed by atoms with Crippen molar-refractivity contribution in [1.82, 2.24) is 10.2 Å². The monoisotopic (exact) mass is 186 g/mol. The normalized spacial score (nSPS) is 36.5. The summed E-state index contributed by atoms with van der Waals surface area (Å²) >= 11 is 0. The SMILES string of the molecule is COC1CN(C2CNC2)CC1OC. The first-order chi connectivity index (χ1) is 6.35. The van der Waals surface area contributed by atoms with E-state index in [9.17, 15) is 0 Å². The third-order valence-corrected chi connectivity index (χ3v) is 3.13. The highest BCUT2D eigenvalue weighted by Crippen LogP contribution is 2.19. The summed E-state index contributed by atoms with van der Waals surface area (Å²) in [5.74, 6) is 0. The number of likely N-dealkylation sites (tertiary alicyclic amines) is 1. The summed E-state index contributed by atoms with van der Waals surface area (Å²) in [5.41, 5.74) is 0. The van der Waals surface area contributed by atoms with E-state index in [1.54, 1.807) is 14.2 Å². The molecule has 2 fully saturated rings. The van der Waals surface area contributed by atoms with Gasteiger partial charge in [-0.2, -0.15) is 0 Å². The quantitative estimate of drug-likeness (QED) is 0.632. The molecule has 2 saturated heterocycles. The lowest BCUT2D eigenvalue weighted by Gasteiger charge is -2.35. The van der Waals surface area contributed by atoms with Crippen molar-refractivity contribution in [1.29, 1.82) is 0 Å². The summed E-state index contributed by atoms with van der Waals surface area (Å²) in [6.45, 7) is 4.27. The lowest BCUT2D eigenvalue weighted by Crippen LogP contribution is -2.56. The minimum absolute atomic E-state index is 0.255. The standard InChI is InChI=1S/C9H18N2O2/c1-12-8-5-11(6-9(8)13-2)7-3-10-4-7/h7-10H,3-6H2,1-2H3. The molecule has 2 unspecified atom stereocenters. The molecule has 0 bridgehead atoms. The summed E-state index contributed by atoms with van der Waals surface area (Å²) in [6, 6.07) is 0.706. The maximum absolute atomic E-state index is 5.38. The second-order valence-electron chi connectivity index (χ2n) is 3.81. The Hall–Kier alpha value is -0.160. The van der Waals surface area contributed by atoms with Gasteiger partial charge in [0.2, 0.25) is 0 Å². The van der Waals surface area contributed by atoms with E-state index in [2.05, 4.69) is 10.2 Å². The van der Waals surface area contributed by atoms with Crippen LogP contribution in [0.4, 0.5) is 0 Å². The van der Waals surface area contributed by atoms with Crippen LogP contribution < -0.4 is 5.32 Å². The second-order valence-corrected chi connectivity index (χ2v) is 3.81. The number of nitrogens with one attached hydrogen (secondary N) is 1. The number of hydrogen-bond donors (Lipinski definition) is 1. The summed E-state index contributed by atoms with van der Waals surface area (Å²) in [7, 11) is 3.53. The third-order valence-electron chi connectivity index (χ3n) is 3.13. The molecule has 2 aliphatic heterocycles. The van der Waals surface area contributed by atoms with Gasteiger partial charge in [0.25, 0.3) is 0 Å². The van der Waals surface area contributed by atoms with Crippen LogP contribution in [0.2, 0.25) is 0 Å². The predicted octanol–water partition coefficient (Wildman–Crippen LogP) is -0.696. The van der Waals surface area contributed by atoms with Crippen LogP contribution in [0.5, 0.6) is 0 Å². The molecule has 2 aliphatic rings. The Kier molecular flexibility index (Phi) is 2.83. The zero-order valence-corrected chi connectivity index (χ0v) is 8.32. The Morgan fingerprint density at radius 3 is 1.92 bits per heavy atom. The minimum Gasteiger partial charge on any atom is -0.377 e. The Balaban J connectivity index is 1.88. The molecule has 0 aromatic rings. The maximum atomic E-state index is 5.38. The van der Waals surface area contributed by atoms with Crippen molar-refractivity contribution >= 4 is 0 Å². The van der Waals surface area contributed by atoms with Gasteiger partial charge in [0.05, 0.1) is 12.2 Å². The van der Waals surface area contributed by atoms with Crippen LogP contribution in [0.25, 0.3) is 0 Å². The topological polar surface area (TPSA) is 33.7 Å². The van der Waals surface area contributed by atoms with Crippen molar-refractivity contribution in [3.63, 3.8) is 0 Å². The number of methoxy groups -OCH3 is 2. The van der Waals surface area contributed by atoms with E-state index in [4.69, 9.17) is 9.47 Å². The number of rotatable bonds is 3. The third kappa shape index (κ3) is 1.72. The van der Waals surface area contributed by atoms with E-state index in [0.29, 0.717) is 6.04 Å². The van der Waals surface area contributed by atoms with Gasteiger partial charge in [-0.1, -0.05) is 0 Å². The van der Waals surface area contributed by atoms with Gasteiger partial charge in [-0.3, -0.25) is 4.90 Å². The van der Waals surface area contributed by atoms with Gasteiger partial charge in [0.1, 0.15) is 0 Å². The van der Waals surface area contributed by atoms with E-state index in [1.165, 1.54) is 0 Å². The molecule has 0 radical (unpaired) electrons. The minimum atomic E-state index is 0.255. The van der Waals surface area contributed by atoms with Crippen molar-refractivity contribution < 1.29 is 9.47 Å². The van der Waals surface area contributed by atoms with Crippen molar-refractivity contribution in [2.75, 3.05) is 40.4 Å². The first-order valence-corrected chi connectivity index (χ1v) is 4.85. The zero-order chi connectivity index (χ0) is 9.26. The van der Waals surface area contributed by atoms with Crippen LogP contribution in [0.3, 0.4) is 0 Å². The van der Waals surface area contributed by atoms with Gasteiger partial charge >= 0.3 is 0 Å². The predicted molar refractivity (Wildman–Crippen MR) is 49.8 cm³/mol. The first-order valence-electron chi connectivity index (χ1n) is 4.85. The van der Waals surface area contributed by atoms with E-state index >= 15 is 0 Å². The highest BCUT2D eigenvalue weighted by atomic mass is 16.5. The largest absolute Gasteiger partial charge is 0.377 e. The molecule has 1 N–H and O–H groups in total. The molecule has 13 heavy (non-hydrogen) atoms. The maximum Gasteiger partial charge on any atom is 0.0971 e. The summed E-state index contributed by atoms with van der Waals surface area (Å²) in [5, 5.41) is 3.28. The van der Waals surface area contributed by atoms with E-state index < -0.39 is 0 Å².